The van der Waals surface area contributed by atoms with E-state index in [1.54, 1.807) is 0 Å². The molecule has 1 fully saturated rings. The van der Waals surface area contributed by atoms with Crippen molar-refractivity contribution in [1.82, 2.24) is 25.0 Å². The van der Waals surface area contributed by atoms with Crippen molar-refractivity contribution >= 4 is 22.6 Å². The van der Waals surface area contributed by atoms with E-state index >= 15 is 0 Å². The van der Waals surface area contributed by atoms with Gasteiger partial charge in [-0.25, -0.2) is 9.67 Å². The summed E-state index contributed by atoms with van der Waals surface area (Å²) in [6, 6.07) is 20.6. The maximum atomic E-state index is 13.2. The molecule has 0 unspecified atom stereocenters. The zero-order chi connectivity index (χ0) is 24.4. The number of pyridine rings is 1. The normalized spacial score (nSPS) is 14.4. The molecule has 180 valence electrons. The topological polar surface area (TPSA) is 66.3 Å². The van der Waals surface area contributed by atoms with Crippen molar-refractivity contribution in [3.63, 3.8) is 0 Å². The summed E-state index contributed by atoms with van der Waals surface area (Å²) in [6.45, 7) is 11.3. The van der Waals surface area contributed by atoms with Crippen LogP contribution in [-0.4, -0.2) is 64.8 Å². The number of piperazine rings is 1. The Morgan fingerprint density at radius 2 is 1.63 bits per heavy atom. The van der Waals surface area contributed by atoms with Crippen molar-refractivity contribution in [3.8, 4) is 5.69 Å². The van der Waals surface area contributed by atoms with Gasteiger partial charge in [0.1, 0.15) is 0 Å². The second-order valence-electron chi connectivity index (χ2n) is 9.26. The first kappa shape index (κ1) is 23.1. The summed E-state index contributed by atoms with van der Waals surface area (Å²) in [5.41, 5.74) is 6.36. The van der Waals surface area contributed by atoms with E-state index in [0.717, 1.165) is 55.2 Å². The van der Waals surface area contributed by atoms with Crippen molar-refractivity contribution in [1.29, 1.82) is 0 Å². The molecule has 0 aliphatic carbocycles. The standard InChI is InChI=1S/C28H32N6O/c1-20-9-11-24(12-10-20)34-27-26(22(3)31-34)25(19-21(2)30-27)28(35)29-13-14-32-15-17-33(18-16-32)23-7-5-4-6-8-23/h4-12,19H,13-18H2,1-3H3,(H,29,35). The van der Waals surface area contributed by atoms with Crippen molar-refractivity contribution in [2.24, 2.45) is 0 Å². The summed E-state index contributed by atoms with van der Waals surface area (Å²) in [5, 5.41) is 8.66. The Bertz CT molecular complexity index is 1320. The highest BCUT2D eigenvalue weighted by Gasteiger charge is 2.21. The fourth-order valence-electron chi connectivity index (χ4n) is 4.75. The summed E-state index contributed by atoms with van der Waals surface area (Å²) >= 11 is 0. The molecule has 7 heteroatoms. The van der Waals surface area contributed by atoms with Crippen molar-refractivity contribution < 1.29 is 4.79 Å². The summed E-state index contributed by atoms with van der Waals surface area (Å²) in [5.74, 6) is -0.0741. The number of hydrogen-bond donors (Lipinski definition) is 1. The molecule has 0 bridgehead atoms. The first-order valence-corrected chi connectivity index (χ1v) is 12.2. The van der Waals surface area contributed by atoms with E-state index in [9.17, 15) is 4.79 Å². The van der Waals surface area contributed by atoms with Gasteiger partial charge in [-0.15, -0.1) is 0 Å². The predicted octanol–water partition coefficient (Wildman–Crippen LogP) is 3.90. The Balaban J connectivity index is 1.25. The summed E-state index contributed by atoms with van der Waals surface area (Å²) in [6.07, 6.45) is 0. The first-order valence-electron chi connectivity index (χ1n) is 12.2. The number of para-hydroxylation sites is 1. The molecule has 2 aromatic carbocycles. The molecule has 0 spiro atoms. The van der Waals surface area contributed by atoms with Gasteiger partial charge in [-0.1, -0.05) is 35.9 Å². The minimum atomic E-state index is -0.0741. The van der Waals surface area contributed by atoms with Crippen LogP contribution in [0.1, 0.15) is 27.3 Å². The molecular formula is C28H32N6O. The van der Waals surface area contributed by atoms with Crippen LogP contribution < -0.4 is 10.2 Å². The van der Waals surface area contributed by atoms with Crippen LogP contribution in [-0.2, 0) is 0 Å². The number of aromatic nitrogens is 3. The fraction of sp³-hybridized carbons (Fsp3) is 0.321. The molecule has 7 nitrogen and oxygen atoms in total. The number of rotatable bonds is 6. The zero-order valence-electron chi connectivity index (χ0n) is 20.7. The Kier molecular flexibility index (Phi) is 6.51. The Hall–Kier alpha value is -3.71. The summed E-state index contributed by atoms with van der Waals surface area (Å²) < 4.78 is 1.83. The molecule has 1 saturated heterocycles. The van der Waals surface area contributed by atoms with Gasteiger partial charge >= 0.3 is 0 Å². The van der Waals surface area contributed by atoms with Gasteiger partial charge in [0, 0.05) is 50.6 Å². The highest BCUT2D eigenvalue weighted by Crippen LogP contribution is 2.25. The molecule has 35 heavy (non-hydrogen) atoms. The first-order chi connectivity index (χ1) is 17.0. The lowest BCUT2D eigenvalue weighted by Crippen LogP contribution is -2.48. The van der Waals surface area contributed by atoms with Crippen LogP contribution in [0.25, 0.3) is 16.7 Å². The number of anilines is 1. The molecule has 0 radical (unpaired) electrons. The molecule has 3 heterocycles. The van der Waals surface area contributed by atoms with E-state index in [1.807, 2.05) is 36.7 Å². The Morgan fingerprint density at radius 1 is 0.914 bits per heavy atom. The Morgan fingerprint density at radius 3 is 2.34 bits per heavy atom. The van der Waals surface area contributed by atoms with Gasteiger partial charge in [-0.2, -0.15) is 5.10 Å². The number of carbonyl (C=O) groups excluding carboxylic acids is 1. The van der Waals surface area contributed by atoms with Crippen LogP contribution in [0, 0.1) is 20.8 Å². The molecule has 0 atom stereocenters. The van der Waals surface area contributed by atoms with Crippen LogP contribution in [0.15, 0.2) is 60.7 Å². The van der Waals surface area contributed by atoms with Gasteiger partial charge in [0.2, 0.25) is 0 Å². The molecule has 4 aromatic rings. The Labute approximate surface area is 206 Å². The maximum Gasteiger partial charge on any atom is 0.252 e. The summed E-state index contributed by atoms with van der Waals surface area (Å²) in [4.78, 5) is 22.8. The van der Waals surface area contributed by atoms with Crippen molar-refractivity contribution in [3.05, 3.63) is 83.2 Å². The monoisotopic (exact) mass is 468 g/mol. The van der Waals surface area contributed by atoms with Crippen LogP contribution in [0.4, 0.5) is 5.69 Å². The lowest BCUT2D eigenvalue weighted by atomic mass is 10.1. The van der Waals surface area contributed by atoms with Gasteiger partial charge in [0.05, 0.1) is 22.3 Å². The second-order valence-corrected chi connectivity index (χ2v) is 9.26. The lowest BCUT2D eigenvalue weighted by Gasteiger charge is -2.36. The van der Waals surface area contributed by atoms with Gasteiger partial charge in [0.15, 0.2) is 5.65 Å². The van der Waals surface area contributed by atoms with Gasteiger partial charge in [-0.05, 0) is 51.1 Å². The molecule has 1 amide bonds. The van der Waals surface area contributed by atoms with Crippen LogP contribution in [0.5, 0.6) is 0 Å². The molecule has 5 rings (SSSR count). The number of aryl methyl sites for hydroxylation is 3. The minimum Gasteiger partial charge on any atom is -0.369 e. The number of nitrogens with zero attached hydrogens (tertiary/aromatic N) is 5. The van der Waals surface area contributed by atoms with Crippen LogP contribution in [0.2, 0.25) is 0 Å². The third-order valence-electron chi connectivity index (χ3n) is 6.67. The number of hydrogen-bond acceptors (Lipinski definition) is 5. The van der Waals surface area contributed by atoms with Gasteiger partial charge in [0.25, 0.3) is 5.91 Å². The number of benzene rings is 2. The smallest absolute Gasteiger partial charge is 0.252 e. The van der Waals surface area contributed by atoms with E-state index in [-0.39, 0.29) is 5.91 Å². The minimum absolute atomic E-state index is 0.0741. The highest BCUT2D eigenvalue weighted by atomic mass is 16.1. The molecule has 1 aliphatic rings. The van der Waals surface area contributed by atoms with E-state index in [2.05, 4.69) is 64.5 Å². The van der Waals surface area contributed by atoms with E-state index in [1.165, 1.54) is 11.3 Å². The third kappa shape index (κ3) is 4.91. The van der Waals surface area contributed by atoms with Gasteiger partial charge in [-0.3, -0.25) is 9.69 Å². The van der Waals surface area contributed by atoms with Crippen molar-refractivity contribution in [2.45, 2.75) is 20.8 Å². The molecular weight excluding hydrogens is 436 g/mol. The van der Waals surface area contributed by atoms with E-state index in [0.29, 0.717) is 17.8 Å². The molecule has 0 saturated carbocycles. The fourth-order valence-corrected chi connectivity index (χ4v) is 4.75. The number of amides is 1. The maximum absolute atomic E-state index is 13.2. The summed E-state index contributed by atoms with van der Waals surface area (Å²) in [7, 11) is 0. The van der Waals surface area contributed by atoms with Crippen LogP contribution >= 0.6 is 0 Å². The van der Waals surface area contributed by atoms with E-state index < -0.39 is 0 Å². The second kappa shape index (κ2) is 9.88. The van der Waals surface area contributed by atoms with Gasteiger partial charge < -0.3 is 10.2 Å². The average molecular weight is 469 g/mol. The molecule has 1 N–H and O–H groups in total. The highest BCUT2D eigenvalue weighted by molar-refractivity contribution is 6.06. The zero-order valence-corrected chi connectivity index (χ0v) is 20.7. The molecule has 1 aliphatic heterocycles. The third-order valence-corrected chi connectivity index (χ3v) is 6.67. The van der Waals surface area contributed by atoms with Crippen molar-refractivity contribution in [2.75, 3.05) is 44.2 Å². The molecule has 2 aromatic heterocycles. The predicted molar refractivity (Wildman–Crippen MR) is 141 cm³/mol. The lowest BCUT2D eigenvalue weighted by molar-refractivity contribution is 0.0949. The van der Waals surface area contributed by atoms with E-state index in [4.69, 9.17) is 10.1 Å². The average Bonchev–Trinajstić information content (AvgIpc) is 3.20. The number of carbonyl (C=O) groups is 1. The number of fused-ring (bicyclic) bond motifs is 1. The van der Waals surface area contributed by atoms with Crippen LogP contribution in [0.3, 0.4) is 0 Å². The largest absolute Gasteiger partial charge is 0.369 e. The quantitative estimate of drug-likeness (QED) is 0.465. The number of nitrogens with one attached hydrogen (secondary N) is 1. The SMILES string of the molecule is Cc1ccc(-n2nc(C)c3c(C(=O)NCCN4CCN(c5ccccc5)CC4)cc(C)nc32)cc1.